The van der Waals surface area contributed by atoms with Crippen LogP contribution in [0.15, 0.2) is 18.2 Å². The van der Waals surface area contributed by atoms with Gasteiger partial charge in [-0.25, -0.2) is 0 Å². The summed E-state index contributed by atoms with van der Waals surface area (Å²) >= 11 is 0. The van der Waals surface area contributed by atoms with Gasteiger partial charge in [-0.05, 0) is 56.4 Å². The second kappa shape index (κ2) is 5.41. The first-order valence-electron chi connectivity index (χ1n) is 6.45. The van der Waals surface area contributed by atoms with Crippen LogP contribution < -0.4 is 10.6 Å². The number of anilines is 2. The number of aliphatic hydroxyl groups is 1. The number of hydrogen-bond acceptors (Lipinski definition) is 3. The lowest BCUT2D eigenvalue weighted by atomic mass is 9.90. The van der Waals surface area contributed by atoms with E-state index in [0.717, 1.165) is 18.7 Å². The number of nitrogens with two attached hydrogens (primary N) is 1. The molecule has 1 aliphatic rings. The number of benzene rings is 1. The van der Waals surface area contributed by atoms with E-state index in [1.807, 2.05) is 12.1 Å². The van der Waals surface area contributed by atoms with Gasteiger partial charge in [0.2, 0.25) is 0 Å². The topological polar surface area (TPSA) is 49.5 Å². The Bertz CT molecular complexity index is 354. The highest BCUT2D eigenvalue weighted by molar-refractivity contribution is 5.59. The number of nitrogen functional groups attached to an aromatic ring is 1. The van der Waals surface area contributed by atoms with Crippen LogP contribution in [0.1, 0.15) is 31.2 Å². The van der Waals surface area contributed by atoms with Crippen molar-refractivity contribution in [1.29, 1.82) is 0 Å². The molecule has 1 aromatic rings. The Morgan fingerprint density at radius 3 is 2.65 bits per heavy atom. The van der Waals surface area contributed by atoms with Crippen molar-refractivity contribution < 1.29 is 5.11 Å². The summed E-state index contributed by atoms with van der Waals surface area (Å²) in [6, 6.07) is 6.87. The van der Waals surface area contributed by atoms with Crippen LogP contribution in [-0.2, 0) is 0 Å². The lowest BCUT2D eigenvalue weighted by Crippen LogP contribution is -2.41. The molecule has 0 aliphatic heterocycles. The van der Waals surface area contributed by atoms with Gasteiger partial charge < -0.3 is 15.7 Å². The molecular weight excluding hydrogens is 212 g/mol. The summed E-state index contributed by atoms with van der Waals surface area (Å²) in [5, 5.41) is 8.99. The van der Waals surface area contributed by atoms with Gasteiger partial charge in [0, 0.05) is 30.6 Å². The number of rotatable bonds is 5. The van der Waals surface area contributed by atoms with E-state index in [1.54, 1.807) is 0 Å². The highest BCUT2D eigenvalue weighted by Gasteiger charge is 2.24. The molecule has 1 aromatic carbocycles. The first kappa shape index (κ1) is 12.2. The molecule has 94 valence electrons. The molecule has 0 aromatic heterocycles. The van der Waals surface area contributed by atoms with Gasteiger partial charge in [-0.2, -0.15) is 0 Å². The molecule has 0 spiro atoms. The minimum absolute atomic E-state index is 0.254. The van der Waals surface area contributed by atoms with Crippen LogP contribution >= 0.6 is 0 Å². The lowest BCUT2D eigenvalue weighted by molar-refractivity contribution is 0.283. The van der Waals surface area contributed by atoms with E-state index in [2.05, 4.69) is 17.9 Å². The number of aliphatic hydroxyl groups excluding tert-OH is 1. The van der Waals surface area contributed by atoms with Crippen molar-refractivity contribution in [3.8, 4) is 0 Å². The predicted octanol–water partition coefficient (Wildman–Crippen LogP) is 2.32. The first-order chi connectivity index (χ1) is 8.20. The number of nitrogens with zero attached hydrogens (tertiary/aromatic N) is 1. The lowest BCUT2D eigenvalue weighted by Gasteiger charge is -2.39. The molecule has 0 unspecified atom stereocenters. The largest absolute Gasteiger partial charge is 0.399 e. The van der Waals surface area contributed by atoms with Gasteiger partial charge in [0.1, 0.15) is 0 Å². The van der Waals surface area contributed by atoms with Crippen LogP contribution in [0.25, 0.3) is 0 Å². The van der Waals surface area contributed by atoms with Crippen LogP contribution in [0.4, 0.5) is 11.4 Å². The third kappa shape index (κ3) is 2.91. The fourth-order valence-corrected chi connectivity index (χ4v) is 2.42. The van der Waals surface area contributed by atoms with Crippen molar-refractivity contribution in [2.75, 3.05) is 23.8 Å². The van der Waals surface area contributed by atoms with E-state index < -0.39 is 0 Å². The molecule has 0 amide bonds. The maximum Gasteiger partial charge on any atom is 0.0447 e. The zero-order chi connectivity index (χ0) is 12.3. The van der Waals surface area contributed by atoms with Gasteiger partial charge >= 0.3 is 0 Å². The molecule has 0 heterocycles. The Morgan fingerprint density at radius 2 is 2.12 bits per heavy atom. The molecule has 3 nitrogen and oxygen atoms in total. The summed E-state index contributed by atoms with van der Waals surface area (Å²) in [7, 11) is 0. The molecule has 2 rings (SSSR count). The fourth-order valence-electron chi connectivity index (χ4n) is 2.42. The normalized spacial score (nSPS) is 15.6. The summed E-state index contributed by atoms with van der Waals surface area (Å²) in [6.45, 7) is 3.25. The molecule has 0 atom stereocenters. The summed E-state index contributed by atoms with van der Waals surface area (Å²) in [5.74, 6) is 0. The molecule has 0 bridgehead atoms. The highest BCUT2D eigenvalue weighted by Crippen LogP contribution is 2.31. The average molecular weight is 234 g/mol. The molecule has 1 saturated carbocycles. The molecule has 3 heteroatoms. The molecule has 17 heavy (non-hydrogen) atoms. The van der Waals surface area contributed by atoms with Crippen molar-refractivity contribution >= 4 is 11.4 Å². The monoisotopic (exact) mass is 234 g/mol. The summed E-state index contributed by atoms with van der Waals surface area (Å²) < 4.78 is 0. The summed E-state index contributed by atoms with van der Waals surface area (Å²) in [6.07, 6.45) is 4.67. The van der Waals surface area contributed by atoms with Crippen molar-refractivity contribution in [3.63, 3.8) is 0 Å². The Balaban J connectivity index is 2.17. The number of hydrogen-bond donors (Lipinski definition) is 2. The Labute approximate surface area is 103 Å². The Kier molecular flexibility index (Phi) is 3.89. The van der Waals surface area contributed by atoms with Gasteiger partial charge in [-0.3, -0.25) is 0 Å². The summed E-state index contributed by atoms with van der Waals surface area (Å²) in [4.78, 5) is 2.41. The van der Waals surface area contributed by atoms with E-state index in [9.17, 15) is 0 Å². The maximum atomic E-state index is 8.99. The second-order valence-electron chi connectivity index (χ2n) is 4.96. The Morgan fingerprint density at radius 1 is 1.35 bits per heavy atom. The van der Waals surface area contributed by atoms with Crippen LogP contribution in [0.3, 0.4) is 0 Å². The van der Waals surface area contributed by atoms with Gasteiger partial charge in [0.05, 0.1) is 0 Å². The van der Waals surface area contributed by atoms with Gasteiger partial charge in [0.15, 0.2) is 0 Å². The van der Waals surface area contributed by atoms with E-state index in [4.69, 9.17) is 10.8 Å². The standard InChI is InChI=1S/C14H22N2O/c1-11-8-12(15)10-14(9-11)16(6-3-7-17)13-4-2-5-13/h8-10,13,17H,2-7,15H2,1H3. The van der Waals surface area contributed by atoms with Gasteiger partial charge in [0.25, 0.3) is 0 Å². The second-order valence-corrected chi connectivity index (χ2v) is 4.96. The van der Waals surface area contributed by atoms with Crippen LogP contribution in [0, 0.1) is 6.92 Å². The molecule has 0 saturated heterocycles. The zero-order valence-electron chi connectivity index (χ0n) is 10.5. The van der Waals surface area contributed by atoms with E-state index >= 15 is 0 Å². The van der Waals surface area contributed by atoms with Crippen molar-refractivity contribution in [2.24, 2.45) is 0 Å². The van der Waals surface area contributed by atoms with Gasteiger partial charge in [-0.1, -0.05) is 0 Å². The van der Waals surface area contributed by atoms with E-state index in [1.165, 1.54) is 30.5 Å². The minimum Gasteiger partial charge on any atom is -0.399 e. The third-order valence-corrected chi connectivity index (χ3v) is 3.49. The first-order valence-corrected chi connectivity index (χ1v) is 6.45. The van der Waals surface area contributed by atoms with E-state index in [0.29, 0.717) is 6.04 Å². The van der Waals surface area contributed by atoms with Crippen LogP contribution in [0.2, 0.25) is 0 Å². The highest BCUT2D eigenvalue weighted by atomic mass is 16.3. The molecular formula is C14H22N2O. The smallest absolute Gasteiger partial charge is 0.0447 e. The van der Waals surface area contributed by atoms with Crippen molar-refractivity contribution in [3.05, 3.63) is 23.8 Å². The van der Waals surface area contributed by atoms with Crippen LogP contribution in [0.5, 0.6) is 0 Å². The van der Waals surface area contributed by atoms with Crippen LogP contribution in [-0.4, -0.2) is 24.3 Å². The Hall–Kier alpha value is -1.22. The van der Waals surface area contributed by atoms with E-state index in [-0.39, 0.29) is 6.61 Å². The number of aryl methyl sites for hydroxylation is 1. The third-order valence-electron chi connectivity index (χ3n) is 3.49. The quantitative estimate of drug-likeness (QED) is 0.769. The molecule has 3 N–H and O–H groups in total. The summed E-state index contributed by atoms with van der Waals surface area (Å²) in [5.41, 5.74) is 9.15. The minimum atomic E-state index is 0.254. The van der Waals surface area contributed by atoms with Gasteiger partial charge in [-0.15, -0.1) is 0 Å². The zero-order valence-corrected chi connectivity index (χ0v) is 10.5. The SMILES string of the molecule is Cc1cc(N)cc(N(CCCO)C2CCC2)c1. The fraction of sp³-hybridized carbons (Fsp3) is 0.571. The van der Waals surface area contributed by atoms with Crippen molar-refractivity contribution in [2.45, 2.75) is 38.6 Å². The average Bonchev–Trinajstić information content (AvgIpc) is 2.19. The molecule has 1 aliphatic carbocycles. The molecule has 0 radical (unpaired) electrons. The maximum absolute atomic E-state index is 8.99. The van der Waals surface area contributed by atoms with Crippen molar-refractivity contribution in [1.82, 2.24) is 0 Å². The molecule has 1 fully saturated rings. The predicted molar refractivity (Wildman–Crippen MR) is 72.3 cm³/mol.